The van der Waals surface area contributed by atoms with Crippen LogP contribution in [0.1, 0.15) is 12.6 Å². The van der Waals surface area contributed by atoms with Gasteiger partial charge in [0.15, 0.2) is 23.1 Å². The molecule has 0 spiro atoms. The molecule has 2 atom stereocenters. The van der Waals surface area contributed by atoms with Crippen molar-refractivity contribution in [3.63, 3.8) is 0 Å². The summed E-state index contributed by atoms with van der Waals surface area (Å²) in [5, 5.41) is 21.6. The van der Waals surface area contributed by atoms with Gasteiger partial charge < -0.3 is 29.9 Å². The Morgan fingerprint density at radius 2 is 2.11 bits per heavy atom. The molecule has 1 saturated heterocycles. The Morgan fingerprint density at radius 3 is 2.89 bits per heavy atom. The number of nitrogens with two attached hydrogens (primary N) is 1. The van der Waals surface area contributed by atoms with Gasteiger partial charge >= 0.3 is 0 Å². The Morgan fingerprint density at radius 1 is 1.29 bits per heavy atom. The molecule has 1 aliphatic rings. The summed E-state index contributed by atoms with van der Waals surface area (Å²) in [7, 11) is 0. The molecule has 0 saturated carbocycles. The molecule has 35 heavy (non-hydrogen) atoms. The van der Waals surface area contributed by atoms with Crippen LogP contribution in [0.5, 0.6) is 0 Å². The summed E-state index contributed by atoms with van der Waals surface area (Å²) >= 11 is 0. The highest BCUT2D eigenvalue weighted by Crippen LogP contribution is 2.30. The van der Waals surface area contributed by atoms with E-state index in [0.717, 1.165) is 0 Å². The van der Waals surface area contributed by atoms with Crippen molar-refractivity contribution in [3.8, 4) is 11.3 Å². The van der Waals surface area contributed by atoms with Crippen LogP contribution in [0.3, 0.4) is 0 Å². The highest BCUT2D eigenvalue weighted by Gasteiger charge is 2.50. The highest BCUT2D eigenvalue weighted by molar-refractivity contribution is 6.06. The summed E-state index contributed by atoms with van der Waals surface area (Å²) in [6, 6.07) is 9.92. The van der Waals surface area contributed by atoms with E-state index in [4.69, 9.17) is 19.5 Å². The van der Waals surface area contributed by atoms with Gasteiger partial charge in [-0.2, -0.15) is 0 Å². The molecule has 4 N–H and O–H groups in total. The summed E-state index contributed by atoms with van der Waals surface area (Å²) in [5.41, 5.74) is 6.49. The monoisotopic (exact) mass is 478 g/mol. The Kier molecular flexibility index (Phi) is 5.46. The second-order valence-electron chi connectivity index (χ2n) is 8.28. The molecule has 4 aromatic rings. The van der Waals surface area contributed by atoms with Crippen molar-refractivity contribution in [3.05, 3.63) is 48.4 Å². The predicted molar refractivity (Wildman–Crippen MR) is 124 cm³/mol. The predicted octanol–water partition coefficient (Wildman–Crippen LogP) is 1.89. The van der Waals surface area contributed by atoms with E-state index in [1.54, 1.807) is 37.3 Å². The number of carbonyl (C=O) groups excluding carboxylic acids is 2. The minimum absolute atomic E-state index is 0.0914. The smallest absolute Gasteiger partial charge is 0.263 e. The van der Waals surface area contributed by atoms with Gasteiger partial charge in [0.1, 0.15) is 12.1 Å². The van der Waals surface area contributed by atoms with Crippen LogP contribution in [0.4, 0.5) is 17.3 Å². The van der Waals surface area contributed by atoms with Gasteiger partial charge in [-0.3, -0.25) is 14.5 Å². The van der Waals surface area contributed by atoms with E-state index in [0.29, 0.717) is 39.4 Å². The van der Waals surface area contributed by atoms with Crippen LogP contribution in [0.2, 0.25) is 0 Å². The second-order valence-corrected chi connectivity index (χ2v) is 8.28. The molecule has 12 nitrogen and oxygen atoms in total. The number of amides is 2. The van der Waals surface area contributed by atoms with E-state index < -0.39 is 23.5 Å². The Hall–Kier alpha value is -4.29. The maximum Gasteiger partial charge on any atom is 0.263 e. The van der Waals surface area contributed by atoms with Crippen molar-refractivity contribution in [2.24, 2.45) is 0 Å². The standard InChI is InChI=1S/C23H22N6O6/c1-12-15(11-34-27-12)16-4-3-5-18(26-16)29-8-9-33-23(2,22(29)32)19(30)21(31)25-13-6-7-14-17(10-13)35-28-20(14)24/h3-7,10-11,19,30H,8-9H2,1-2H3,(H2,24,28)(H,25,31)/t19?,23-/m1/s1. The van der Waals surface area contributed by atoms with Gasteiger partial charge in [0, 0.05) is 11.8 Å². The molecule has 0 bridgehead atoms. The van der Waals surface area contributed by atoms with E-state index in [1.165, 1.54) is 24.2 Å². The van der Waals surface area contributed by atoms with Gasteiger partial charge in [0.2, 0.25) is 0 Å². The average molecular weight is 478 g/mol. The molecule has 2 amide bonds. The van der Waals surface area contributed by atoms with E-state index in [1.807, 2.05) is 0 Å². The summed E-state index contributed by atoms with van der Waals surface area (Å²) < 4.78 is 15.7. The normalized spacial score (nSPS) is 19.2. The second kappa shape index (κ2) is 8.49. The zero-order valence-electron chi connectivity index (χ0n) is 18.9. The molecule has 1 aliphatic heterocycles. The van der Waals surface area contributed by atoms with Gasteiger partial charge in [0.25, 0.3) is 11.8 Å². The molecule has 1 fully saturated rings. The lowest BCUT2D eigenvalue weighted by Crippen LogP contribution is -2.63. The molecule has 0 radical (unpaired) electrons. The fourth-order valence-electron chi connectivity index (χ4n) is 3.95. The van der Waals surface area contributed by atoms with Gasteiger partial charge in [-0.15, -0.1) is 0 Å². The van der Waals surface area contributed by atoms with Crippen molar-refractivity contribution >= 4 is 40.1 Å². The van der Waals surface area contributed by atoms with Crippen molar-refractivity contribution in [2.75, 3.05) is 29.1 Å². The number of pyridine rings is 1. The number of hydrogen-bond donors (Lipinski definition) is 3. The number of morpholine rings is 1. The first-order chi connectivity index (χ1) is 16.8. The Balaban J connectivity index is 1.37. The summed E-state index contributed by atoms with van der Waals surface area (Å²) in [6.45, 7) is 3.45. The molecule has 4 heterocycles. The number of aliphatic hydroxyl groups excluding tert-OH is 1. The van der Waals surface area contributed by atoms with E-state index in [-0.39, 0.29) is 19.0 Å². The number of rotatable bonds is 5. The number of ether oxygens (including phenoxy) is 1. The third kappa shape index (κ3) is 3.88. The maximum absolute atomic E-state index is 13.4. The highest BCUT2D eigenvalue weighted by atomic mass is 16.5. The van der Waals surface area contributed by atoms with E-state index in [2.05, 4.69) is 20.6 Å². The number of anilines is 3. The molecule has 5 rings (SSSR count). The number of aromatic nitrogens is 3. The molecular weight excluding hydrogens is 456 g/mol. The lowest BCUT2D eigenvalue weighted by atomic mass is 9.94. The van der Waals surface area contributed by atoms with Crippen LogP contribution in [0.15, 0.2) is 51.7 Å². The number of benzene rings is 1. The lowest BCUT2D eigenvalue weighted by Gasteiger charge is -2.40. The molecule has 180 valence electrons. The number of fused-ring (bicyclic) bond motifs is 1. The summed E-state index contributed by atoms with van der Waals surface area (Å²) in [5.74, 6) is -0.847. The first-order valence-corrected chi connectivity index (χ1v) is 10.8. The maximum atomic E-state index is 13.4. The zero-order chi connectivity index (χ0) is 24.7. The van der Waals surface area contributed by atoms with Crippen molar-refractivity contribution in [1.82, 2.24) is 15.3 Å². The fourth-order valence-corrected chi connectivity index (χ4v) is 3.95. The zero-order valence-corrected chi connectivity index (χ0v) is 18.9. The number of carbonyl (C=O) groups is 2. The van der Waals surface area contributed by atoms with Crippen molar-refractivity contribution in [2.45, 2.75) is 25.6 Å². The number of nitrogens with zero attached hydrogens (tertiary/aromatic N) is 4. The largest absolute Gasteiger partial charge is 0.380 e. The van der Waals surface area contributed by atoms with Crippen LogP contribution in [0.25, 0.3) is 22.2 Å². The Labute approximate surface area is 198 Å². The minimum Gasteiger partial charge on any atom is -0.380 e. The summed E-state index contributed by atoms with van der Waals surface area (Å²) in [6.07, 6.45) is -0.331. The van der Waals surface area contributed by atoms with Crippen molar-refractivity contribution < 1.29 is 28.5 Å². The number of nitrogen functional groups attached to an aromatic ring is 1. The van der Waals surface area contributed by atoms with Crippen molar-refractivity contribution in [1.29, 1.82) is 0 Å². The summed E-state index contributed by atoms with van der Waals surface area (Å²) in [4.78, 5) is 32.3. The van der Waals surface area contributed by atoms with Gasteiger partial charge in [-0.25, -0.2) is 4.98 Å². The van der Waals surface area contributed by atoms with Crippen LogP contribution >= 0.6 is 0 Å². The third-order valence-electron chi connectivity index (χ3n) is 5.96. The Bertz CT molecular complexity index is 1430. The molecule has 3 aromatic heterocycles. The third-order valence-corrected chi connectivity index (χ3v) is 5.96. The number of aryl methyl sites for hydroxylation is 1. The lowest BCUT2D eigenvalue weighted by molar-refractivity contribution is -0.170. The van der Waals surface area contributed by atoms with Gasteiger partial charge in [-0.05, 0) is 38.1 Å². The number of hydrogen-bond acceptors (Lipinski definition) is 10. The van der Waals surface area contributed by atoms with Gasteiger partial charge in [-0.1, -0.05) is 16.4 Å². The molecule has 1 aromatic carbocycles. The van der Waals surface area contributed by atoms with Crippen LogP contribution < -0.4 is 16.0 Å². The van der Waals surface area contributed by atoms with E-state index >= 15 is 0 Å². The molecular formula is C23H22N6O6. The van der Waals surface area contributed by atoms with Crippen LogP contribution in [0, 0.1) is 6.92 Å². The molecule has 0 aliphatic carbocycles. The van der Waals surface area contributed by atoms with E-state index in [9.17, 15) is 14.7 Å². The number of aliphatic hydroxyl groups is 1. The first-order valence-electron chi connectivity index (χ1n) is 10.8. The quantitative estimate of drug-likeness (QED) is 0.385. The van der Waals surface area contributed by atoms with Crippen LogP contribution in [-0.2, 0) is 14.3 Å². The van der Waals surface area contributed by atoms with Gasteiger partial charge in [0.05, 0.1) is 35.5 Å². The first kappa shape index (κ1) is 22.5. The topological polar surface area (TPSA) is 170 Å². The molecule has 1 unspecified atom stereocenters. The average Bonchev–Trinajstić information content (AvgIpc) is 3.45. The minimum atomic E-state index is -1.84. The van der Waals surface area contributed by atoms with Crippen LogP contribution in [-0.4, -0.2) is 57.1 Å². The fraction of sp³-hybridized carbons (Fsp3) is 0.261. The molecule has 12 heteroatoms. The number of nitrogens with one attached hydrogen (secondary N) is 1. The SMILES string of the molecule is Cc1nocc1-c1cccc(N2CCO[C@](C)(C(O)C(=O)Nc3ccc4c(N)noc4c3)C2=O)n1.